The molecule has 0 amide bonds. The van der Waals surface area contributed by atoms with Crippen molar-refractivity contribution in [3.63, 3.8) is 0 Å². The smallest absolute Gasteiger partial charge is 0.320 e. The Balaban J connectivity index is 1.19. The molecular formula is C42H47ClN4O5. The molecule has 1 aromatic heterocycles. The number of hydrogen-bond donors (Lipinski definition) is 1. The van der Waals surface area contributed by atoms with E-state index in [1.54, 1.807) is 18.3 Å². The number of halogens is 1. The Morgan fingerprint density at radius 1 is 0.885 bits per heavy atom. The van der Waals surface area contributed by atoms with Crippen LogP contribution in [0.5, 0.6) is 11.5 Å². The fourth-order valence-electron chi connectivity index (χ4n) is 7.21. The van der Waals surface area contributed by atoms with E-state index in [1.807, 2.05) is 11.0 Å². The summed E-state index contributed by atoms with van der Waals surface area (Å²) in [6.45, 7) is 10.4. The number of nitriles is 1. The first-order chi connectivity index (χ1) is 25.3. The van der Waals surface area contributed by atoms with Crippen LogP contribution in [0.3, 0.4) is 0 Å². The second kappa shape index (κ2) is 17.8. The molecule has 2 aliphatic heterocycles. The molecule has 1 N–H and O–H groups in total. The summed E-state index contributed by atoms with van der Waals surface area (Å²) in [5.41, 5.74) is 8.82. The molecule has 9 nitrogen and oxygen atoms in total. The zero-order valence-electron chi connectivity index (χ0n) is 30.1. The van der Waals surface area contributed by atoms with Gasteiger partial charge in [0, 0.05) is 42.7 Å². The van der Waals surface area contributed by atoms with Crippen molar-refractivity contribution < 1.29 is 24.1 Å². The summed E-state index contributed by atoms with van der Waals surface area (Å²) in [7, 11) is 0. The normalized spacial score (nSPS) is 16.5. The molecule has 0 aliphatic carbocycles. The maximum atomic E-state index is 12.1. The lowest BCUT2D eigenvalue weighted by Gasteiger charge is -2.33. The van der Waals surface area contributed by atoms with Gasteiger partial charge in [0.05, 0.1) is 23.8 Å². The third-order valence-corrected chi connectivity index (χ3v) is 10.6. The van der Waals surface area contributed by atoms with Gasteiger partial charge in [-0.15, -0.1) is 0 Å². The monoisotopic (exact) mass is 722 g/mol. The van der Waals surface area contributed by atoms with Crippen LogP contribution in [0.4, 0.5) is 0 Å². The molecule has 0 unspecified atom stereocenters. The van der Waals surface area contributed by atoms with Crippen LogP contribution < -0.4 is 9.47 Å². The van der Waals surface area contributed by atoms with E-state index in [4.69, 9.17) is 25.8 Å². The predicted molar refractivity (Wildman–Crippen MR) is 201 cm³/mol. The molecule has 10 heteroatoms. The predicted octanol–water partition coefficient (Wildman–Crippen LogP) is 8.10. The minimum atomic E-state index is -0.826. The average Bonchev–Trinajstić information content (AvgIpc) is 3.68. The van der Waals surface area contributed by atoms with Crippen molar-refractivity contribution in [2.45, 2.75) is 78.4 Å². The largest absolute Gasteiger partial charge is 0.488 e. The molecule has 6 rings (SSSR count). The molecule has 0 saturated carbocycles. The van der Waals surface area contributed by atoms with E-state index in [2.05, 4.69) is 66.2 Å². The summed E-state index contributed by atoms with van der Waals surface area (Å²) in [4.78, 5) is 20.7. The molecule has 52 heavy (non-hydrogen) atoms. The van der Waals surface area contributed by atoms with Crippen molar-refractivity contribution in [1.82, 2.24) is 14.8 Å². The van der Waals surface area contributed by atoms with Crippen LogP contribution in [0.25, 0.3) is 11.1 Å². The van der Waals surface area contributed by atoms with Crippen molar-refractivity contribution in [3.8, 4) is 28.7 Å². The van der Waals surface area contributed by atoms with Gasteiger partial charge in [0.25, 0.3) is 0 Å². The molecule has 2 saturated heterocycles. The SMILES string of the molecule is Cc1c(COCCN2CCCC2)cccc1-c1cccc(COc2cc(OCc3cncc(C#N)c3)c(CN3CCCC[C@H]3C(=O)O)cc2Cl)c1C. The van der Waals surface area contributed by atoms with Crippen molar-refractivity contribution in [3.05, 3.63) is 111 Å². The van der Waals surface area contributed by atoms with E-state index in [0.717, 1.165) is 53.8 Å². The number of benzene rings is 3. The highest BCUT2D eigenvalue weighted by Gasteiger charge is 2.29. The third-order valence-electron chi connectivity index (χ3n) is 10.3. The first-order valence-corrected chi connectivity index (χ1v) is 18.5. The Bertz CT molecular complexity index is 1900. The first-order valence-electron chi connectivity index (χ1n) is 18.2. The van der Waals surface area contributed by atoms with Gasteiger partial charge in [0.2, 0.25) is 0 Å². The van der Waals surface area contributed by atoms with Gasteiger partial charge in [-0.3, -0.25) is 14.7 Å². The summed E-state index contributed by atoms with van der Waals surface area (Å²) in [6, 6.07) is 19.6. The van der Waals surface area contributed by atoms with Gasteiger partial charge < -0.3 is 24.2 Å². The van der Waals surface area contributed by atoms with Crippen LogP contribution in [-0.4, -0.2) is 64.7 Å². The Labute approximate surface area is 311 Å². The topological polar surface area (TPSA) is 108 Å². The molecule has 1 atom stereocenters. The van der Waals surface area contributed by atoms with Gasteiger partial charge in [-0.25, -0.2) is 0 Å². The number of piperidine rings is 1. The lowest BCUT2D eigenvalue weighted by molar-refractivity contribution is -0.144. The molecule has 4 aromatic rings. The second-order valence-electron chi connectivity index (χ2n) is 13.8. The zero-order chi connectivity index (χ0) is 36.5. The number of aromatic nitrogens is 1. The molecule has 272 valence electrons. The van der Waals surface area contributed by atoms with Crippen LogP contribution in [0.2, 0.25) is 5.02 Å². The van der Waals surface area contributed by atoms with Crippen LogP contribution in [0.15, 0.2) is 67.0 Å². The van der Waals surface area contributed by atoms with Gasteiger partial charge in [-0.1, -0.05) is 54.4 Å². The maximum absolute atomic E-state index is 12.1. The molecule has 3 heterocycles. The van der Waals surface area contributed by atoms with Gasteiger partial charge in [-0.2, -0.15) is 5.26 Å². The third kappa shape index (κ3) is 9.30. The van der Waals surface area contributed by atoms with E-state index >= 15 is 0 Å². The number of carboxylic acids is 1. The second-order valence-corrected chi connectivity index (χ2v) is 14.2. The minimum Gasteiger partial charge on any atom is -0.488 e. The molecule has 2 fully saturated rings. The number of ether oxygens (including phenoxy) is 3. The molecular weight excluding hydrogens is 676 g/mol. The standard InChI is InChI=1S/C42H47ClN4O5/c1-29-33(27-50-18-17-46-14-5-6-15-46)9-7-11-36(29)37-12-8-10-34(30(37)2)28-52-41-21-40(51-26-32-19-31(22-44)23-45-24-32)35(20-38(41)43)25-47-16-4-3-13-39(47)42(48)49/h7-12,19-21,23-24,39H,3-6,13-18,25-28H2,1-2H3,(H,48,49)/t39-/m0/s1. The van der Waals surface area contributed by atoms with Crippen LogP contribution >= 0.6 is 11.6 Å². The van der Waals surface area contributed by atoms with E-state index in [-0.39, 0.29) is 13.2 Å². The van der Waals surface area contributed by atoms with Crippen LogP contribution in [0.1, 0.15) is 71.0 Å². The number of aliphatic carboxylic acids is 1. The quantitative estimate of drug-likeness (QED) is 0.122. The van der Waals surface area contributed by atoms with Gasteiger partial charge >= 0.3 is 5.97 Å². The van der Waals surface area contributed by atoms with Crippen molar-refractivity contribution >= 4 is 17.6 Å². The van der Waals surface area contributed by atoms with Gasteiger partial charge in [0.15, 0.2) is 0 Å². The molecule has 2 aliphatic rings. The van der Waals surface area contributed by atoms with Crippen molar-refractivity contribution in [2.24, 2.45) is 0 Å². The lowest BCUT2D eigenvalue weighted by atomic mass is 9.92. The highest BCUT2D eigenvalue weighted by Crippen LogP contribution is 2.37. The van der Waals surface area contributed by atoms with E-state index in [1.165, 1.54) is 48.8 Å². The van der Waals surface area contributed by atoms with Crippen LogP contribution in [0, 0.1) is 25.2 Å². The lowest BCUT2D eigenvalue weighted by Crippen LogP contribution is -2.44. The van der Waals surface area contributed by atoms with E-state index in [9.17, 15) is 15.2 Å². The first kappa shape index (κ1) is 37.3. The fourth-order valence-corrected chi connectivity index (χ4v) is 7.45. The summed E-state index contributed by atoms with van der Waals surface area (Å²) >= 11 is 6.86. The Kier molecular flexibility index (Phi) is 12.8. The van der Waals surface area contributed by atoms with E-state index < -0.39 is 12.0 Å². The molecule has 0 spiro atoms. The highest BCUT2D eigenvalue weighted by molar-refractivity contribution is 6.32. The molecule has 0 radical (unpaired) electrons. The summed E-state index contributed by atoms with van der Waals surface area (Å²) in [6.07, 6.45) is 8.14. The molecule has 0 bridgehead atoms. The fraction of sp³-hybridized carbons (Fsp3) is 0.405. The van der Waals surface area contributed by atoms with Gasteiger partial charge in [0.1, 0.15) is 36.8 Å². The number of pyridine rings is 1. The Morgan fingerprint density at radius 2 is 1.58 bits per heavy atom. The maximum Gasteiger partial charge on any atom is 0.320 e. The zero-order valence-corrected chi connectivity index (χ0v) is 30.8. The van der Waals surface area contributed by atoms with Crippen LogP contribution in [-0.2, 0) is 35.9 Å². The number of likely N-dealkylation sites (tertiary alicyclic amines) is 2. The Hall–Kier alpha value is -4.46. The Morgan fingerprint density at radius 3 is 2.29 bits per heavy atom. The average molecular weight is 723 g/mol. The van der Waals surface area contributed by atoms with Crippen molar-refractivity contribution in [2.75, 3.05) is 32.8 Å². The van der Waals surface area contributed by atoms with E-state index in [0.29, 0.717) is 48.2 Å². The summed E-state index contributed by atoms with van der Waals surface area (Å²) in [5, 5.41) is 19.7. The number of nitrogens with zero attached hydrogens (tertiary/aromatic N) is 4. The number of carbonyl (C=O) groups is 1. The van der Waals surface area contributed by atoms with Gasteiger partial charge in [-0.05, 0) is 105 Å². The number of carboxylic acid groups (broad SMARTS) is 1. The molecule has 3 aromatic carbocycles. The highest BCUT2D eigenvalue weighted by atomic mass is 35.5. The number of rotatable bonds is 15. The van der Waals surface area contributed by atoms with Crippen molar-refractivity contribution in [1.29, 1.82) is 5.26 Å². The summed E-state index contributed by atoms with van der Waals surface area (Å²) in [5.74, 6) is 0.178. The number of hydrogen-bond acceptors (Lipinski definition) is 8. The minimum absolute atomic E-state index is 0.169. The summed E-state index contributed by atoms with van der Waals surface area (Å²) < 4.78 is 18.8.